The summed E-state index contributed by atoms with van der Waals surface area (Å²) < 4.78 is 10.8. The summed E-state index contributed by atoms with van der Waals surface area (Å²) >= 11 is 0. The van der Waals surface area contributed by atoms with Crippen molar-refractivity contribution in [1.82, 2.24) is 0 Å². The third-order valence-corrected chi connectivity index (χ3v) is 4.80. The minimum Gasteiger partial charge on any atom is -0.508 e. The third-order valence-electron chi connectivity index (χ3n) is 4.80. The number of ether oxygens (including phenoxy) is 2. The van der Waals surface area contributed by atoms with Gasteiger partial charge in [0.1, 0.15) is 17.0 Å². The third kappa shape index (κ3) is 14.6. The average molecular weight is 435 g/mol. The zero-order valence-corrected chi connectivity index (χ0v) is 20.3. The van der Waals surface area contributed by atoms with Gasteiger partial charge in [-0.1, -0.05) is 37.8 Å². The van der Waals surface area contributed by atoms with E-state index in [2.05, 4.69) is 0 Å². The molecule has 0 radical (unpaired) electrons. The number of benzene rings is 1. The van der Waals surface area contributed by atoms with Crippen molar-refractivity contribution in [3.63, 3.8) is 0 Å². The molecular formula is C26H42O5. The molecule has 5 nitrogen and oxygen atoms in total. The van der Waals surface area contributed by atoms with E-state index in [4.69, 9.17) is 9.47 Å². The molecule has 0 saturated heterocycles. The molecule has 1 rings (SSSR count). The summed E-state index contributed by atoms with van der Waals surface area (Å²) in [7, 11) is 0. The van der Waals surface area contributed by atoms with Gasteiger partial charge in [0.25, 0.3) is 0 Å². The predicted octanol–water partition coefficient (Wildman–Crippen LogP) is 6.36. The monoisotopic (exact) mass is 434 g/mol. The van der Waals surface area contributed by atoms with E-state index in [0.29, 0.717) is 18.8 Å². The van der Waals surface area contributed by atoms with Crippen LogP contribution in [-0.4, -0.2) is 28.2 Å². The molecule has 0 amide bonds. The average Bonchev–Trinajstić information content (AvgIpc) is 2.61. The lowest BCUT2D eigenvalue weighted by Crippen LogP contribution is -2.24. The molecule has 0 bridgehead atoms. The molecule has 0 aliphatic rings. The van der Waals surface area contributed by atoms with Crippen molar-refractivity contribution in [3.8, 4) is 5.75 Å². The Balaban J connectivity index is 2.44. The highest BCUT2D eigenvalue weighted by Crippen LogP contribution is 2.23. The highest BCUT2D eigenvalue weighted by Gasteiger charge is 2.19. The number of carbonyl (C=O) groups is 2. The summed E-state index contributed by atoms with van der Waals surface area (Å²) in [5, 5.41) is 9.51. The number of hydrogen-bond acceptors (Lipinski definition) is 5. The smallest absolute Gasteiger partial charge is 0.306 e. The number of phenols is 1. The molecule has 0 spiro atoms. The summed E-state index contributed by atoms with van der Waals surface area (Å²) in [4.78, 5) is 23.9. The van der Waals surface area contributed by atoms with Crippen LogP contribution in [0.2, 0.25) is 0 Å². The summed E-state index contributed by atoms with van der Waals surface area (Å²) in [6.45, 7) is 11.3. The maximum absolute atomic E-state index is 12.1. The fourth-order valence-corrected chi connectivity index (χ4v) is 3.48. The Morgan fingerprint density at radius 3 is 1.84 bits per heavy atom. The van der Waals surface area contributed by atoms with Crippen LogP contribution in [0, 0.1) is 5.92 Å². The van der Waals surface area contributed by atoms with E-state index in [0.717, 1.165) is 50.5 Å². The van der Waals surface area contributed by atoms with E-state index in [9.17, 15) is 14.7 Å². The van der Waals surface area contributed by atoms with E-state index in [-0.39, 0.29) is 17.7 Å². The number of esters is 2. The maximum Gasteiger partial charge on any atom is 0.306 e. The van der Waals surface area contributed by atoms with E-state index < -0.39 is 11.2 Å². The molecule has 0 aliphatic heterocycles. The number of hydrogen-bond donors (Lipinski definition) is 1. The van der Waals surface area contributed by atoms with Crippen LogP contribution in [0.5, 0.6) is 5.75 Å². The molecule has 31 heavy (non-hydrogen) atoms. The Bertz CT molecular complexity index is 665. The minimum atomic E-state index is -0.461. The summed E-state index contributed by atoms with van der Waals surface area (Å²) in [5.41, 5.74) is 0.279. The van der Waals surface area contributed by atoms with Crippen LogP contribution in [0.15, 0.2) is 24.3 Å². The molecule has 1 aromatic carbocycles. The Kier molecular flexibility index (Phi) is 11.1. The Hall–Kier alpha value is -2.04. The number of rotatable bonds is 12. The van der Waals surface area contributed by atoms with Gasteiger partial charge < -0.3 is 14.6 Å². The lowest BCUT2D eigenvalue weighted by Gasteiger charge is -2.21. The first-order valence-corrected chi connectivity index (χ1v) is 11.6. The van der Waals surface area contributed by atoms with Crippen LogP contribution in [0.4, 0.5) is 0 Å². The first-order valence-electron chi connectivity index (χ1n) is 11.6. The zero-order valence-electron chi connectivity index (χ0n) is 20.3. The van der Waals surface area contributed by atoms with Crippen LogP contribution >= 0.6 is 0 Å². The molecular weight excluding hydrogens is 392 g/mol. The molecule has 1 aromatic rings. The molecule has 1 unspecified atom stereocenters. The van der Waals surface area contributed by atoms with Crippen LogP contribution < -0.4 is 0 Å². The van der Waals surface area contributed by atoms with E-state index in [1.807, 2.05) is 53.7 Å². The second-order valence-electron chi connectivity index (χ2n) is 10.4. The fraction of sp³-hybridized carbons (Fsp3) is 0.692. The first kappa shape index (κ1) is 27.0. The Labute approximate surface area is 188 Å². The van der Waals surface area contributed by atoms with Gasteiger partial charge in [0, 0.05) is 12.8 Å². The quantitative estimate of drug-likeness (QED) is 0.306. The largest absolute Gasteiger partial charge is 0.508 e. The van der Waals surface area contributed by atoms with Crippen LogP contribution in [0.3, 0.4) is 0 Å². The second kappa shape index (κ2) is 12.7. The van der Waals surface area contributed by atoms with Crippen LogP contribution in [0.25, 0.3) is 0 Å². The van der Waals surface area contributed by atoms with E-state index in [1.165, 1.54) is 0 Å². The van der Waals surface area contributed by atoms with Crippen molar-refractivity contribution in [3.05, 3.63) is 29.8 Å². The zero-order chi connectivity index (χ0) is 23.5. The Morgan fingerprint density at radius 1 is 0.774 bits per heavy atom. The normalized spacial score (nSPS) is 13.0. The number of carbonyl (C=O) groups excluding carboxylic acids is 2. The van der Waals surface area contributed by atoms with Gasteiger partial charge in [-0.3, -0.25) is 9.59 Å². The predicted molar refractivity (Wildman–Crippen MR) is 124 cm³/mol. The lowest BCUT2D eigenvalue weighted by molar-refractivity contribution is -0.156. The van der Waals surface area contributed by atoms with Crippen molar-refractivity contribution < 1.29 is 24.2 Å². The number of aromatic hydroxyl groups is 1. The molecule has 0 aromatic heterocycles. The van der Waals surface area contributed by atoms with E-state index in [1.54, 1.807) is 12.1 Å². The standard InChI is InChI=1S/C26H42O5/c1-25(2,3)30-23(28)12-10-8-7-9-11-20(15-18-24(29)31-26(4,5)6)19-21-13-16-22(27)17-14-21/h13-14,16-17,20,27H,7-12,15,18-19H2,1-6H3. The minimum absolute atomic E-state index is 0.130. The van der Waals surface area contributed by atoms with Crippen LogP contribution in [0.1, 0.15) is 98.5 Å². The summed E-state index contributed by atoms with van der Waals surface area (Å²) in [6, 6.07) is 7.29. The topological polar surface area (TPSA) is 72.8 Å². The van der Waals surface area contributed by atoms with Crippen molar-refractivity contribution in [2.24, 2.45) is 5.92 Å². The molecule has 0 fully saturated rings. The van der Waals surface area contributed by atoms with Crippen LogP contribution in [-0.2, 0) is 25.5 Å². The molecule has 5 heteroatoms. The van der Waals surface area contributed by atoms with Gasteiger partial charge in [-0.15, -0.1) is 0 Å². The van der Waals surface area contributed by atoms with Crippen molar-refractivity contribution in [2.75, 3.05) is 0 Å². The van der Waals surface area contributed by atoms with Gasteiger partial charge in [0.15, 0.2) is 0 Å². The lowest BCUT2D eigenvalue weighted by atomic mass is 9.89. The van der Waals surface area contributed by atoms with E-state index >= 15 is 0 Å². The highest BCUT2D eigenvalue weighted by molar-refractivity contribution is 5.70. The van der Waals surface area contributed by atoms with Crippen molar-refractivity contribution in [1.29, 1.82) is 0 Å². The number of phenolic OH excluding ortho intramolecular Hbond substituents is 1. The molecule has 1 atom stereocenters. The van der Waals surface area contributed by atoms with Gasteiger partial charge in [0.2, 0.25) is 0 Å². The van der Waals surface area contributed by atoms with Gasteiger partial charge in [-0.25, -0.2) is 0 Å². The van der Waals surface area contributed by atoms with Gasteiger partial charge >= 0.3 is 11.9 Å². The van der Waals surface area contributed by atoms with Gasteiger partial charge in [0.05, 0.1) is 0 Å². The van der Waals surface area contributed by atoms with Crippen molar-refractivity contribution >= 4 is 11.9 Å². The molecule has 0 heterocycles. The summed E-state index contributed by atoms with van der Waals surface area (Å²) in [6.07, 6.45) is 7.52. The summed E-state index contributed by atoms with van der Waals surface area (Å²) in [5.74, 6) is 0.359. The first-order chi connectivity index (χ1) is 14.3. The highest BCUT2D eigenvalue weighted by atomic mass is 16.6. The molecule has 0 aliphatic carbocycles. The number of unbranched alkanes of at least 4 members (excludes halogenated alkanes) is 3. The fourth-order valence-electron chi connectivity index (χ4n) is 3.48. The second-order valence-corrected chi connectivity index (χ2v) is 10.4. The SMILES string of the molecule is CC(C)(C)OC(=O)CCCCCCC(CCC(=O)OC(C)(C)C)Cc1ccc(O)cc1. The Morgan fingerprint density at radius 2 is 1.29 bits per heavy atom. The maximum atomic E-state index is 12.1. The molecule has 1 N–H and O–H groups in total. The van der Waals surface area contributed by atoms with Gasteiger partial charge in [-0.05, 0) is 84.4 Å². The van der Waals surface area contributed by atoms with Crippen molar-refractivity contribution in [2.45, 2.75) is 111 Å². The van der Waals surface area contributed by atoms with Gasteiger partial charge in [-0.2, -0.15) is 0 Å². The molecule has 176 valence electrons. The molecule has 0 saturated carbocycles.